The van der Waals surface area contributed by atoms with E-state index in [1.807, 2.05) is 58.2 Å². The van der Waals surface area contributed by atoms with Gasteiger partial charge >= 0.3 is 5.97 Å². The van der Waals surface area contributed by atoms with Crippen LogP contribution in [0.1, 0.15) is 68.3 Å². The quantitative estimate of drug-likeness (QED) is 0.331. The molecule has 4 aromatic rings. The van der Waals surface area contributed by atoms with E-state index in [0.29, 0.717) is 12.2 Å². The summed E-state index contributed by atoms with van der Waals surface area (Å²) in [4.78, 5) is 22.3. The second-order valence-corrected chi connectivity index (χ2v) is 11.4. The molecule has 3 heterocycles. The zero-order chi connectivity index (χ0) is 25.1. The number of hydrogen-bond acceptors (Lipinski definition) is 6. The summed E-state index contributed by atoms with van der Waals surface area (Å²) < 4.78 is 13.1. The SMILES string of the molecule is Cc1cc2nc(C(C)C)sc2c(-c2ccc3c4c(ccnc24)CCO3)c1[C@H](OC(C)(C)C)C(=O)O. The second-order valence-electron chi connectivity index (χ2n) is 10.4. The molecule has 35 heavy (non-hydrogen) atoms. The number of hydrogen-bond donors (Lipinski definition) is 1. The van der Waals surface area contributed by atoms with Crippen molar-refractivity contribution in [1.29, 1.82) is 0 Å². The summed E-state index contributed by atoms with van der Waals surface area (Å²) in [5, 5.41) is 12.3. The van der Waals surface area contributed by atoms with Gasteiger partial charge in [0, 0.05) is 40.6 Å². The normalized spacial score (nSPS) is 14.5. The van der Waals surface area contributed by atoms with Gasteiger partial charge in [0.15, 0.2) is 6.10 Å². The average molecular weight is 491 g/mol. The van der Waals surface area contributed by atoms with Crippen molar-refractivity contribution in [2.24, 2.45) is 0 Å². The van der Waals surface area contributed by atoms with E-state index in [4.69, 9.17) is 19.4 Å². The molecule has 0 unspecified atom stereocenters. The summed E-state index contributed by atoms with van der Waals surface area (Å²) in [5.74, 6) is 0.0561. The van der Waals surface area contributed by atoms with Gasteiger partial charge in [-0.2, -0.15) is 0 Å². The van der Waals surface area contributed by atoms with Gasteiger partial charge in [-0.05, 0) is 63.1 Å². The van der Waals surface area contributed by atoms with Crippen LogP contribution in [0.3, 0.4) is 0 Å². The number of carboxylic acids is 1. The fourth-order valence-corrected chi connectivity index (χ4v) is 5.89. The van der Waals surface area contributed by atoms with Crippen LogP contribution in [-0.4, -0.2) is 33.3 Å². The van der Waals surface area contributed by atoms with Crippen LogP contribution < -0.4 is 4.74 Å². The molecule has 1 aliphatic heterocycles. The van der Waals surface area contributed by atoms with E-state index in [1.54, 1.807) is 11.3 Å². The number of rotatable bonds is 5. The number of carboxylic acid groups (broad SMARTS) is 1. The van der Waals surface area contributed by atoms with Gasteiger partial charge in [0.2, 0.25) is 0 Å². The molecule has 1 N–H and O–H groups in total. The van der Waals surface area contributed by atoms with E-state index < -0.39 is 17.7 Å². The standard InChI is InChI=1S/C28H30N2O4S/c1-14(2)26-30-18-13-15(3)20(24(27(31)32)34-28(4,5)6)22(25(18)35-26)17-7-8-19-21-16(10-12-33-19)9-11-29-23(17)21/h7-9,11,13-14,24H,10,12H2,1-6H3,(H,31,32)/t24-/m0/s1. The first kappa shape index (κ1) is 23.7. The Labute approximate surface area is 208 Å². The number of aliphatic carboxylic acids is 1. The molecule has 6 nitrogen and oxygen atoms in total. The van der Waals surface area contributed by atoms with Crippen LogP contribution in [0.15, 0.2) is 30.5 Å². The van der Waals surface area contributed by atoms with Gasteiger partial charge in [-0.15, -0.1) is 11.3 Å². The van der Waals surface area contributed by atoms with E-state index in [-0.39, 0.29) is 5.92 Å². The fraction of sp³-hybridized carbons (Fsp3) is 0.393. The molecule has 0 spiro atoms. The van der Waals surface area contributed by atoms with E-state index in [9.17, 15) is 9.90 Å². The highest BCUT2D eigenvalue weighted by Gasteiger charge is 2.33. The van der Waals surface area contributed by atoms with Gasteiger partial charge in [0.05, 0.1) is 32.9 Å². The van der Waals surface area contributed by atoms with Crippen molar-refractivity contribution in [3.05, 3.63) is 52.2 Å². The number of benzene rings is 2. The topological polar surface area (TPSA) is 81.5 Å². The molecule has 2 aromatic carbocycles. The minimum Gasteiger partial charge on any atom is -0.493 e. The molecule has 0 saturated carbocycles. The third kappa shape index (κ3) is 4.17. The molecule has 0 aliphatic carbocycles. The Morgan fingerprint density at radius 1 is 1.23 bits per heavy atom. The lowest BCUT2D eigenvalue weighted by Gasteiger charge is -2.28. The third-order valence-electron chi connectivity index (χ3n) is 6.23. The van der Waals surface area contributed by atoms with Gasteiger partial charge in [-0.1, -0.05) is 13.8 Å². The maximum absolute atomic E-state index is 12.6. The number of fused-ring (bicyclic) bond motifs is 1. The maximum Gasteiger partial charge on any atom is 0.337 e. The number of pyridine rings is 1. The molecule has 0 bridgehead atoms. The molecular weight excluding hydrogens is 460 g/mol. The Morgan fingerprint density at radius 2 is 2.00 bits per heavy atom. The zero-order valence-corrected chi connectivity index (χ0v) is 21.7. The predicted octanol–water partition coefficient (Wildman–Crippen LogP) is 6.82. The van der Waals surface area contributed by atoms with Crippen molar-refractivity contribution < 1.29 is 19.4 Å². The van der Waals surface area contributed by atoms with Gasteiger partial charge in [0.1, 0.15) is 5.75 Å². The second kappa shape index (κ2) is 8.57. The number of ether oxygens (including phenoxy) is 2. The van der Waals surface area contributed by atoms with Gasteiger partial charge in [-0.25, -0.2) is 9.78 Å². The van der Waals surface area contributed by atoms with Crippen molar-refractivity contribution in [2.75, 3.05) is 6.61 Å². The lowest BCUT2D eigenvalue weighted by Crippen LogP contribution is -2.28. The predicted molar refractivity (Wildman–Crippen MR) is 140 cm³/mol. The summed E-state index contributed by atoms with van der Waals surface area (Å²) in [6.07, 6.45) is 1.50. The fourth-order valence-electron chi connectivity index (χ4n) is 4.77. The van der Waals surface area contributed by atoms with Crippen LogP contribution in [0.2, 0.25) is 0 Å². The summed E-state index contributed by atoms with van der Waals surface area (Å²) in [6, 6.07) is 8.00. The smallest absolute Gasteiger partial charge is 0.337 e. The van der Waals surface area contributed by atoms with Crippen molar-refractivity contribution in [2.45, 2.75) is 65.6 Å². The number of carbonyl (C=O) groups is 1. The monoisotopic (exact) mass is 490 g/mol. The molecule has 7 heteroatoms. The highest BCUT2D eigenvalue weighted by Crippen LogP contribution is 2.47. The summed E-state index contributed by atoms with van der Waals surface area (Å²) in [5.41, 5.74) is 5.42. The highest BCUT2D eigenvalue weighted by molar-refractivity contribution is 7.19. The Morgan fingerprint density at radius 3 is 2.69 bits per heavy atom. The first-order valence-corrected chi connectivity index (χ1v) is 12.7. The van der Waals surface area contributed by atoms with Crippen LogP contribution in [0.5, 0.6) is 5.75 Å². The Hall–Kier alpha value is -3.03. The van der Waals surface area contributed by atoms with Crippen LogP contribution >= 0.6 is 11.3 Å². The molecular formula is C28H30N2O4S. The van der Waals surface area contributed by atoms with Gasteiger partial charge in [0.25, 0.3) is 0 Å². The average Bonchev–Trinajstić information content (AvgIpc) is 3.21. The first-order valence-electron chi connectivity index (χ1n) is 11.9. The largest absolute Gasteiger partial charge is 0.493 e. The first-order chi connectivity index (χ1) is 16.5. The molecule has 182 valence electrons. The van der Waals surface area contributed by atoms with Crippen molar-refractivity contribution in [1.82, 2.24) is 9.97 Å². The van der Waals surface area contributed by atoms with Gasteiger partial charge in [-0.3, -0.25) is 4.98 Å². The lowest BCUT2D eigenvalue weighted by atomic mass is 9.89. The minimum absolute atomic E-state index is 0.257. The van der Waals surface area contributed by atoms with Crippen LogP contribution in [0.4, 0.5) is 0 Å². The van der Waals surface area contributed by atoms with Crippen LogP contribution in [0.25, 0.3) is 32.2 Å². The third-order valence-corrected chi connectivity index (χ3v) is 7.62. The van der Waals surface area contributed by atoms with E-state index >= 15 is 0 Å². The molecule has 0 fully saturated rings. The molecule has 0 amide bonds. The van der Waals surface area contributed by atoms with Crippen molar-refractivity contribution >= 4 is 38.4 Å². The molecule has 0 saturated heterocycles. The van der Waals surface area contributed by atoms with Crippen LogP contribution in [-0.2, 0) is 16.0 Å². The maximum atomic E-state index is 12.6. The molecule has 1 aliphatic rings. The van der Waals surface area contributed by atoms with Gasteiger partial charge < -0.3 is 14.6 Å². The zero-order valence-electron chi connectivity index (χ0n) is 20.9. The number of nitrogens with zero attached hydrogens (tertiary/aromatic N) is 2. The Kier molecular flexibility index (Phi) is 5.80. The van der Waals surface area contributed by atoms with E-state index in [2.05, 4.69) is 13.8 Å². The summed E-state index contributed by atoms with van der Waals surface area (Å²) in [7, 11) is 0. The lowest BCUT2D eigenvalue weighted by molar-refractivity contribution is -0.160. The number of thiazole rings is 1. The van der Waals surface area contributed by atoms with E-state index in [0.717, 1.165) is 55.0 Å². The van der Waals surface area contributed by atoms with E-state index in [1.165, 1.54) is 5.56 Å². The summed E-state index contributed by atoms with van der Waals surface area (Å²) in [6.45, 7) is 12.4. The van der Waals surface area contributed by atoms with Crippen LogP contribution in [0, 0.1) is 6.92 Å². The number of aryl methyl sites for hydroxylation is 1. The number of aromatic nitrogens is 2. The van der Waals surface area contributed by atoms with Crippen molar-refractivity contribution in [3.8, 4) is 16.9 Å². The highest BCUT2D eigenvalue weighted by atomic mass is 32.1. The minimum atomic E-state index is -1.14. The molecule has 5 rings (SSSR count). The molecule has 2 aromatic heterocycles. The van der Waals surface area contributed by atoms with Crippen molar-refractivity contribution in [3.63, 3.8) is 0 Å². The summed E-state index contributed by atoms with van der Waals surface area (Å²) >= 11 is 1.61. The Balaban J connectivity index is 1.91. The molecule has 0 radical (unpaired) electrons. The Bertz CT molecular complexity index is 1460. The molecule has 1 atom stereocenters.